The fourth-order valence-corrected chi connectivity index (χ4v) is 4.16. The van der Waals surface area contributed by atoms with Gasteiger partial charge in [0, 0.05) is 19.7 Å². The molecule has 1 heterocycles. The molecule has 4 rings (SSSR count). The first-order chi connectivity index (χ1) is 13.6. The molecule has 0 aliphatic rings. The molecule has 0 aliphatic carbocycles. The Morgan fingerprint density at radius 1 is 1.04 bits per heavy atom. The van der Waals surface area contributed by atoms with Crippen LogP contribution in [0.1, 0.15) is 11.6 Å². The Bertz CT molecular complexity index is 1130. The zero-order chi connectivity index (χ0) is 19.5. The molecule has 0 bridgehead atoms. The second kappa shape index (κ2) is 8.00. The van der Waals surface area contributed by atoms with E-state index in [9.17, 15) is 10.1 Å². The molecule has 28 heavy (non-hydrogen) atoms. The van der Waals surface area contributed by atoms with E-state index in [1.807, 2.05) is 72.8 Å². The van der Waals surface area contributed by atoms with Gasteiger partial charge in [-0.25, -0.2) is 4.68 Å². The number of rotatable bonds is 6. The first-order valence-electron chi connectivity index (χ1n) is 8.56. The van der Waals surface area contributed by atoms with E-state index in [2.05, 4.69) is 10.3 Å². The SMILES string of the molecule is O=[N+]([O-])CC(c1ccccc1Sc1ccc(Cl)cc1)n1nnc2ccccc21. The fourth-order valence-electron chi connectivity index (χ4n) is 3.04. The molecule has 0 saturated carbocycles. The summed E-state index contributed by atoms with van der Waals surface area (Å²) in [7, 11) is 0. The quantitative estimate of drug-likeness (QED) is 0.326. The van der Waals surface area contributed by atoms with Crippen molar-refractivity contribution in [3.63, 3.8) is 0 Å². The number of nitro groups is 1. The lowest BCUT2D eigenvalue weighted by Crippen LogP contribution is -2.22. The zero-order valence-corrected chi connectivity index (χ0v) is 16.2. The van der Waals surface area contributed by atoms with Crippen molar-refractivity contribution in [1.29, 1.82) is 0 Å². The van der Waals surface area contributed by atoms with E-state index in [1.54, 1.807) is 4.68 Å². The summed E-state index contributed by atoms with van der Waals surface area (Å²) in [5.41, 5.74) is 2.30. The number of para-hydroxylation sites is 1. The van der Waals surface area contributed by atoms with Gasteiger partial charge in [-0.05, 0) is 48.0 Å². The molecule has 0 amide bonds. The minimum absolute atomic E-state index is 0.286. The number of hydrogen-bond donors (Lipinski definition) is 0. The van der Waals surface area contributed by atoms with Crippen LogP contribution in [0.5, 0.6) is 0 Å². The van der Waals surface area contributed by atoms with E-state index >= 15 is 0 Å². The second-order valence-corrected chi connectivity index (χ2v) is 7.70. The summed E-state index contributed by atoms with van der Waals surface area (Å²) in [5.74, 6) is 0. The summed E-state index contributed by atoms with van der Waals surface area (Å²) < 4.78 is 1.64. The first-order valence-corrected chi connectivity index (χ1v) is 9.75. The molecule has 140 valence electrons. The third-order valence-corrected chi connectivity index (χ3v) is 5.67. The summed E-state index contributed by atoms with van der Waals surface area (Å²) in [6.45, 7) is -0.286. The highest BCUT2D eigenvalue weighted by Crippen LogP contribution is 2.35. The third kappa shape index (κ3) is 3.85. The maximum atomic E-state index is 11.4. The van der Waals surface area contributed by atoms with Gasteiger partial charge in [0.25, 0.3) is 0 Å². The molecule has 8 heteroatoms. The van der Waals surface area contributed by atoms with Crippen LogP contribution >= 0.6 is 23.4 Å². The van der Waals surface area contributed by atoms with Gasteiger partial charge < -0.3 is 0 Å². The molecule has 0 fully saturated rings. The molecule has 0 saturated heterocycles. The first kappa shape index (κ1) is 18.5. The van der Waals surface area contributed by atoms with Crippen LogP contribution in [0.2, 0.25) is 5.02 Å². The predicted molar refractivity (Wildman–Crippen MR) is 110 cm³/mol. The van der Waals surface area contributed by atoms with E-state index in [0.717, 1.165) is 20.9 Å². The number of aromatic nitrogens is 3. The monoisotopic (exact) mass is 410 g/mol. The summed E-state index contributed by atoms with van der Waals surface area (Å²) >= 11 is 7.51. The van der Waals surface area contributed by atoms with Crippen LogP contribution in [0.25, 0.3) is 11.0 Å². The molecule has 0 aliphatic heterocycles. The van der Waals surface area contributed by atoms with E-state index in [-0.39, 0.29) is 11.5 Å². The Kier molecular flexibility index (Phi) is 5.27. The summed E-state index contributed by atoms with van der Waals surface area (Å²) in [6, 6.07) is 22.1. The Morgan fingerprint density at radius 3 is 2.54 bits per heavy atom. The molecule has 0 N–H and O–H groups in total. The Hall–Kier alpha value is -2.90. The normalized spacial score (nSPS) is 12.2. The van der Waals surface area contributed by atoms with Gasteiger partial charge in [0.2, 0.25) is 6.54 Å². The third-order valence-electron chi connectivity index (χ3n) is 4.31. The highest BCUT2D eigenvalue weighted by atomic mass is 35.5. The van der Waals surface area contributed by atoms with Gasteiger partial charge in [-0.1, -0.05) is 58.9 Å². The van der Waals surface area contributed by atoms with Crippen molar-refractivity contribution in [2.45, 2.75) is 15.8 Å². The van der Waals surface area contributed by atoms with Gasteiger partial charge in [0.1, 0.15) is 11.6 Å². The van der Waals surface area contributed by atoms with Crippen molar-refractivity contribution < 1.29 is 4.92 Å². The molecular weight excluding hydrogens is 396 g/mol. The lowest BCUT2D eigenvalue weighted by Gasteiger charge is -2.18. The van der Waals surface area contributed by atoms with Crippen molar-refractivity contribution in [2.24, 2.45) is 0 Å². The number of halogens is 1. The summed E-state index contributed by atoms with van der Waals surface area (Å²) in [5, 5.41) is 20.5. The van der Waals surface area contributed by atoms with E-state index in [0.29, 0.717) is 10.5 Å². The van der Waals surface area contributed by atoms with Crippen molar-refractivity contribution in [3.8, 4) is 0 Å². The Labute approximate surface area is 170 Å². The fraction of sp³-hybridized carbons (Fsp3) is 0.100. The molecule has 6 nitrogen and oxygen atoms in total. The highest BCUT2D eigenvalue weighted by Gasteiger charge is 2.25. The van der Waals surface area contributed by atoms with Gasteiger partial charge in [-0.3, -0.25) is 10.1 Å². The average Bonchev–Trinajstić information content (AvgIpc) is 3.12. The molecule has 3 aromatic carbocycles. The minimum Gasteiger partial charge on any atom is -0.264 e. The van der Waals surface area contributed by atoms with E-state index < -0.39 is 6.04 Å². The predicted octanol–water partition coefficient (Wildman–Crippen LogP) is 5.10. The largest absolute Gasteiger partial charge is 0.264 e. The van der Waals surface area contributed by atoms with Crippen molar-refractivity contribution in [3.05, 3.63) is 93.5 Å². The molecule has 1 unspecified atom stereocenters. The second-order valence-electron chi connectivity index (χ2n) is 6.15. The van der Waals surface area contributed by atoms with Crippen molar-refractivity contribution in [1.82, 2.24) is 15.0 Å². The molecule has 0 spiro atoms. The summed E-state index contributed by atoms with van der Waals surface area (Å²) in [4.78, 5) is 13.1. The van der Waals surface area contributed by atoms with Crippen LogP contribution < -0.4 is 0 Å². The smallest absolute Gasteiger partial charge is 0.230 e. The number of nitrogens with zero attached hydrogens (tertiary/aromatic N) is 4. The molecular formula is C20H15ClN4O2S. The summed E-state index contributed by atoms with van der Waals surface area (Å²) in [6.07, 6.45) is 0. The van der Waals surface area contributed by atoms with Gasteiger partial charge in [0.15, 0.2) is 0 Å². The van der Waals surface area contributed by atoms with Gasteiger partial charge in [0.05, 0.1) is 5.52 Å². The maximum Gasteiger partial charge on any atom is 0.230 e. The van der Waals surface area contributed by atoms with Gasteiger partial charge in [-0.2, -0.15) is 0 Å². The Balaban J connectivity index is 1.79. The topological polar surface area (TPSA) is 73.8 Å². The van der Waals surface area contributed by atoms with E-state index in [1.165, 1.54) is 11.8 Å². The number of benzene rings is 3. The van der Waals surface area contributed by atoms with Gasteiger partial charge >= 0.3 is 0 Å². The van der Waals surface area contributed by atoms with Crippen LogP contribution in [0.3, 0.4) is 0 Å². The molecule has 4 aromatic rings. The zero-order valence-electron chi connectivity index (χ0n) is 14.6. The Morgan fingerprint density at radius 2 is 1.75 bits per heavy atom. The molecule has 1 aromatic heterocycles. The van der Waals surface area contributed by atoms with Crippen LogP contribution in [0, 0.1) is 10.1 Å². The van der Waals surface area contributed by atoms with Crippen LogP contribution in [-0.2, 0) is 0 Å². The minimum atomic E-state index is -0.571. The number of hydrogen-bond acceptors (Lipinski definition) is 5. The van der Waals surface area contributed by atoms with Crippen molar-refractivity contribution in [2.75, 3.05) is 6.54 Å². The van der Waals surface area contributed by atoms with Crippen LogP contribution in [0.4, 0.5) is 0 Å². The maximum absolute atomic E-state index is 11.4. The lowest BCUT2D eigenvalue weighted by molar-refractivity contribution is -0.484. The lowest BCUT2D eigenvalue weighted by atomic mass is 10.1. The van der Waals surface area contributed by atoms with Crippen LogP contribution in [0.15, 0.2) is 82.6 Å². The molecule has 1 atom stereocenters. The number of fused-ring (bicyclic) bond motifs is 1. The molecule has 0 radical (unpaired) electrons. The average molecular weight is 411 g/mol. The van der Waals surface area contributed by atoms with Crippen molar-refractivity contribution >= 4 is 34.4 Å². The van der Waals surface area contributed by atoms with E-state index in [4.69, 9.17) is 11.6 Å². The standard InChI is InChI=1S/C20H15ClN4O2S/c21-14-9-11-15(12-10-14)28-20-8-4-1-5-16(20)19(13-24(26)27)25-18-7-3-2-6-17(18)22-23-25/h1-12,19H,13H2. The highest BCUT2D eigenvalue weighted by molar-refractivity contribution is 7.99. The van der Waals surface area contributed by atoms with Crippen LogP contribution in [-0.4, -0.2) is 26.5 Å². The van der Waals surface area contributed by atoms with Gasteiger partial charge in [-0.15, -0.1) is 5.10 Å².